The molecular weight excluding hydrogens is 291 g/mol. The van der Waals surface area contributed by atoms with Crippen LogP contribution in [-0.4, -0.2) is 13.1 Å². The minimum absolute atomic E-state index is 0.727. The van der Waals surface area contributed by atoms with Gasteiger partial charge in [0.1, 0.15) is 0 Å². The van der Waals surface area contributed by atoms with Crippen LogP contribution in [0.25, 0.3) is 0 Å². The predicted octanol–water partition coefficient (Wildman–Crippen LogP) is 4.82. The molecule has 2 nitrogen and oxygen atoms in total. The molecule has 3 rings (SSSR count). The van der Waals surface area contributed by atoms with Gasteiger partial charge in [0.2, 0.25) is 0 Å². The number of nitrogens with one attached hydrogen (secondary N) is 1. The zero-order valence-corrected chi connectivity index (χ0v) is 12.6. The minimum Gasteiger partial charge on any atom is -0.383 e. The molecule has 1 N–H and O–H groups in total. The van der Waals surface area contributed by atoms with Gasteiger partial charge in [-0.1, -0.05) is 35.3 Å². The maximum absolute atomic E-state index is 6.28. The molecule has 1 aliphatic rings. The van der Waals surface area contributed by atoms with Crippen molar-refractivity contribution >= 4 is 34.6 Å². The van der Waals surface area contributed by atoms with E-state index in [0.29, 0.717) is 0 Å². The van der Waals surface area contributed by atoms with Gasteiger partial charge in [-0.15, -0.1) is 0 Å². The van der Waals surface area contributed by atoms with Gasteiger partial charge in [0.05, 0.1) is 11.4 Å². The molecule has 0 saturated heterocycles. The van der Waals surface area contributed by atoms with E-state index in [0.717, 1.165) is 41.7 Å². The fraction of sp³-hybridized carbons (Fsp3) is 0.250. The van der Waals surface area contributed by atoms with E-state index < -0.39 is 0 Å². The monoisotopic (exact) mass is 306 g/mol. The molecule has 0 unspecified atom stereocenters. The Morgan fingerprint density at radius 2 is 1.95 bits per heavy atom. The molecule has 104 valence electrons. The normalized spacial score (nSPS) is 14.4. The van der Waals surface area contributed by atoms with Crippen molar-refractivity contribution in [1.29, 1.82) is 0 Å². The van der Waals surface area contributed by atoms with Crippen molar-refractivity contribution in [3.05, 3.63) is 58.1 Å². The molecule has 2 aromatic rings. The minimum atomic E-state index is 0.727. The summed E-state index contributed by atoms with van der Waals surface area (Å²) in [6, 6.07) is 14.0. The van der Waals surface area contributed by atoms with Gasteiger partial charge in [0.25, 0.3) is 0 Å². The molecule has 20 heavy (non-hydrogen) atoms. The van der Waals surface area contributed by atoms with Crippen LogP contribution in [0, 0.1) is 0 Å². The Balaban J connectivity index is 1.92. The average molecular weight is 307 g/mol. The SMILES string of the molecule is Clc1ccc(Cl)c(CN2CCCNc3ccccc32)c1. The molecule has 1 heterocycles. The molecule has 4 heteroatoms. The number of fused-ring (bicyclic) bond motifs is 1. The third-order valence-electron chi connectivity index (χ3n) is 3.53. The summed E-state index contributed by atoms with van der Waals surface area (Å²) < 4.78 is 0. The fourth-order valence-electron chi connectivity index (χ4n) is 2.55. The second-order valence-electron chi connectivity index (χ2n) is 4.95. The molecule has 0 bridgehead atoms. The lowest BCUT2D eigenvalue weighted by molar-refractivity contribution is 0.764. The Kier molecular flexibility index (Phi) is 4.04. The first-order valence-electron chi connectivity index (χ1n) is 6.76. The zero-order valence-electron chi connectivity index (χ0n) is 11.1. The maximum Gasteiger partial charge on any atom is 0.0605 e. The second kappa shape index (κ2) is 5.94. The molecule has 0 spiro atoms. The molecule has 0 aliphatic carbocycles. The van der Waals surface area contributed by atoms with Crippen molar-refractivity contribution in [3.63, 3.8) is 0 Å². The van der Waals surface area contributed by atoms with E-state index in [1.54, 1.807) is 0 Å². The van der Waals surface area contributed by atoms with Crippen molar-refractivity contribution < 1.29 is 0 Å². The van der Waals surface area contributed by atoms with Crippen LogP contribution in [0.1, 0.15) is 12.0 Å². The molecule has 0 aromatic heterocycles. The van der Waals surface area contributed by atoms with E-state index in [4.69, 9.17) is 23.2 Å². The fourth-order valence-corrected chi connectivity index (χ4v) is 2.92. The Labute approximate surface area is 129 Å². The summed E-state index contributed by atoms with van der Waals surface area (Å²) in [5.41, 5.74) is 3.47. The topological polar surface area (TPSA) is 15.3 Å². The summed E-state index contributed by atoms with van der Waals surface area (Å²) >= 11 is 12.4. The van der Waals surface area contributed by atoms with Crippen LogP contribution in [0.3, 0.4) is 0 Å². The van der Waals surface area contributed by atoms with Gasteiger partial charge >= 0.3 is 0 Å². The van der Waals surface area contributed by atoms with E-state index in [1.807, 2.05) is 18.2 Å². The first-order chi connectivity index (χ1) is 9.74. The zero-order chi connectivity index (χ0) is 13.9. The lowest BCUT2D eigenvalue weighted by atomic mass is 10.1. The van der Waals surface area contributed by atoms with Crippen LogP contribution in [0.5, 0.6) is 0 Å². The molecule has 1 aliphatic heterocycles. The summed E-state index contributed by atoms with van der Waals surface area (Å²) in [5, 5.41) is 4.96. The molecule has 0 radical (unpaired) electrons. The van der Waals surface area contributed by atoms with Gasteiger partial charge in [-0.25, -0.2) is 0 Å². The van der Waals surface area contributed by atoms with Crippen molar-refractivity contribution in [2.75, 3.05) is 23.3 Å². The number of halogens is 2. The number of nitrogens with zero attached hydrogens (tertiary/aromatic N) is 1. The Bertz CT molecular complexity index is 613. The third-order valence-corrected chi connectivity index (χ3v) is 4.14. The summed E-state index contributed by atoms with van der Waals surface area (Å²) in [6.45, 7) is 2.78. The summed E-state index contributed by atoms with van der Waals surface area (Å²) in [5.74, 6) is 0. The van der Waals surface area contributed by atoms with Crippen molar-refractivity contribution in [1.82, 2.24) is 0 Å². The second-order valence-corrected chi connectivity index (χ2v) is 5.80. The number of hydrogen-bond donors (Lipinski definition) is 1. The van der Waals surface area contributed by atoms with Gasteiger partial charge in [-0.05, 0) is 42.3 Å². The Morgan fingerprint density at radius 3 is 2.85 bits per heavy atom. The Hall–Kier alpha value is -1.38. The van der Waals surface area contributed by atoms with E-state index >= 15 is 0 Å². The number of hydrogen-bond acceptors (Lipinski definition) is 2. The highest BCUT2D eigenvalue weighted by molar-refractivity contribution is 6.33. The van der Waals surface area contributed by atoms with Crippen molar-refractivity contribution in [3.8, 4) is 0 Å². The summed E-state index contributed by atoms with van der Waals surface area (Å²) in [7, 11) is 0. The largest absolute Gasteiger partial charge is 0.383 e. The highest BCUT2D eigenvalue weighted by Crippen LogP contribution is 2.31. The van der Waals surface area contributed by atoms with Crippen LogP contribution in [0.15, 0.2) is 42.5 Å². The highest BCUT2D eigenvalue weighted by Gasteiger charge is 2.15. The first kappa shape index (κ1) is 13.6. The standard InChI is InChI=1S/C16H16Cl2N2/c17-13-6-7-14(18)12(10-13)11-20-9-3-8-19-15-4-1-2-5-16(15)20/h1-2,4-7,10,19H,3,8-9,11H2. The lowest BCUT2D eigenvalue weighted by Crippen LogP contribution is -2.23. The van der Waals surface area contributed by atoms with E-state index in [-0.39, 0.29) is 0 Å². The van der Waals surface area contributed by atoms with Gasteiger partial charge in [0, 0.05) is 29.7 Å². The third kappa shape index (κ3) is 2.87. The van der Waals surface area contributed by atoms with E-state index in [1.165, 1.54) is 11.4 Å². The van der Waals surface area contributed by atoms with Crippen molar-refractivity contribution in [2.45, 2.75) is 13.0 Å². The van der Waals surface area contributed by atoms with Crippen LogP contribution in [0.2, 0.25) is 10.0 Å². The van der Waals surface area contributed by atoms with Crippen LogP contribution >= 0.6 is 23.2 Å². The molecule has 0 atom stereocenters. The van der Waals surface area contributed by atoms with Gasteiger partial charge in [-0.3, -0.25) is 0 Å². The average Bonchev–Trinajstić information content (AvgIpc) is 2.66. The maximum atomic E-state index is 6.28. The summed E-state index contributed by atoms with van der Waals surface area (Å²) in [6.07, 6.45) is 1.10. The highest BCUT2D eigenvalue weighted by atomic mass is 35.5. The number of para-hydroxylation sites is 2. The van der Waals surface area contributed by atoms with Gasteiger partial charge in [0.15, 0.2) is 0 Å². The molecule has 0 amide bonds. The molecule has 0 saturated carbocycles. The number of rotatable bonds is 2. The van der Waals surface area contributed by atoms with E-state index in [9.17, 15) is 0 Å². The lowest BCUT2D eigenvalue weighted by Gasteiger charge is -2.25. The summed E-state index contributed by atoms with van der Waals surface area (Å²) in [4.78, 5) is 2.35. The predicted molar refractivity (Wildman–Crippen MR) is 87.1 cm³/mol. The Morgan fingerprint density at radius 1 is 1.10 bits per heavy atom. The first-order valence-corrected chi connectivity index (χ1v) is 7.51. The van der Waals surface area contributed by atoms with Crippen molar-refractivity contribution in [2.24, 2.45) is 0 Å². The smallest absolute Gasteiger partial charge is 0.0605 e. The van der Waals surface area contributed by atoms with Gasteiger partial charge < -0.3 is 10.2 Å². The van der Waals surface area contributed by atoms with Crippen LogP contribution in [-0.2, 0) is 6.54 Å². The molecule has 2 aromatic carbocycles. The number of anilines is 2. The molecular formula is C16H16Cl2N2. The quantitative estimate of drug-likeness (QED) is 0.856. The van der Waals surface area contributed by atoms with Crippen LogP contribution < -0.4 is 10.2 Å². The number of benzene rings is 2. The van der Waals surface area contributed by atoms with E-state index in [2.05, 4.69) is 34.5 Å². The van der Waals surface area contributed by atoms with Crippen LogP contribution in [0.4, 0.5) is 11.4 Å². The van der Waals surface area contributed by atoms with Gasteiger partial charge in [-0.2, -0.15) is 0 Å². The molecule has 0 fully saturated rings.